The lowest BCUT2D eigenvalue weighted by Gasteiger charge is -2.21. The maximum atomic E-state index is 12.8. The molecule has 0 aliphatic heterocycles. The second-order valence-electron chi connectivity index (χ2n) is 6.72. The van der Waals surface area contributed by atoms with Gasteiger partial charge in [0.15, 0.2) is 23.0 Å². The number of rotatable bonds is 11. The molecule has 0 unspecified atom stereocenters. The van der Waals surface area contributed by atoms with Crippen molar-refractivity contribution in [2.75, 3.05) is 34.7 Å². The van der Waals surface area contributed by atoms with Crippen LogP contribution in [0.3, 0.4) is 0 Å². The van der Waals surface area contributed by atoms with E-state index in [1.165, 1.54) is 28.4 Å². The van der Waals surface area contributed by atoms with Crippen LogP contribution in [0.4, 0.5) is 0 Å². The minimum absolute atomic E-state index is 0.00881. The topological polar surface area (TPSA) is 105 Å². The minimum atomic E-state index is -0.404. The van der Waals surface area contributed by atoms with Crippen molar-refractivity contribution in [2.45, 2.75) is 32.1 Å². The first-order chi connectivity index (χ1) is 14.9. The summed E-state index contributed by atoms with van der Waals surface area (Å²) in [6.45, 7) is 0. The average molecular weight is 451 g/mol. The Morgan fingerprint density at radius 1 is 0.677 bits per heavy atom. The van der Waals surface area contributed by atoms with Gasteiger partial charge in [0.05, 0.1) is 28.4 Å². The van der Waals surface area contributed by atoms with Crippen LogP contribution in [0.5, 0.6) is 0 Å². The number of hydrogen-bond donors (Lipinski definition) is 0. The number of ether oxygens (including phenoxy) is 4. The molecule has 0 bridgehead atoms. The summed E-state index contributed by atoms with van der Waals surface area (Å²) >= 11 is 1.14. The molecule has 0 saturated carbocycles. The molecule has 2 aliphatic carbocycles. The van der Waals surface area contributed by atoms with Crippen LogP contribution in [-0.4, -0.2) is 57.8 Å². The standard InChI is InChI=1S/C22H26O8S/c1-27-15-11-14(23)19(28-2)12(16(15)24)9-7-6-8-10-13-17(25)21(30-4)22(31-5)18(26)20(13)29-3/h11H,6-10H2,1-5H3. The fourth-order valence-electron chi connectivity index (χ4n) is 3.53. The van der Waals surface area contributed by atoms with Gasteiger partial charge in [-0.25, -0.2) is 0 Å². The summed E-state index contributed by atoms with van der Waals surface area (Å²) in [4.78, 5) is 50.2. The molecule has 0 aromatic heterocycles. The molecule has 0 spiro atoms. The molecule has 0 fully saturated rings. The summed E-state index contributed by atoms with van der Waals surface area (Å²) in [5.41, 5.74) is 0.564. The number of carbonyl (C=O) groups excluding carboxylic acids is 4. The van der Waals surface area contributed by atoms with Crippen molar-refractivity contribution < 1.29 is 38.1 Å². The number of carbonyl (C=O) groups is 4. The zero-order valence-electron chi connectivity index (χ0n) is 18.3. The van der Waals surface area contributed by atoms with Crippen LogP contribution in [0.2, 0.25) is 0 Å². The second kappa shape index (κ2) is 11.0. The number of allylic oxidation sites excluding steroid dienone is 4. The van der Waals surface area contributed by atoms with E-state index in [2.05, 4.69) is 0 Å². The van der Waals surface area contributed by atoms with E-state index in [4.69, 9.17) is 18.9 Å². The lowest BCUT2D eigenvalue weighted by molar-refractivity contribution is -0.120. The quantitative estimate of drug-likeness (QED) is 0.347. The van der Waals surface area contributed by atoms with Crippen LogP contribution < -0.4 is 0 Å². The lowest BCUT2D eigenvalue weighted by atomic mass is 9.92. The number of methoxy groups -OCH3 is 4. The van der Waals surface area contributed by atoms with Crippen LogP contribution in [0.1, 0.15) is 32.1 Å². The zero-order valence-corrected chi connectivity index (χ0v) is 19.1. The molecule has 0 atom stereocenters. The third kappa shape index (κ3) is 4.92. The van der Waals surface area contributed by atoms with Crippen LogP contribution >= 0.6 is 11.8 Å². The summed E-state index contributed by atoms with van der Waals surface area (Å²) in [7, 11) is 5.40. The second-order valence-corrected chi connectivity index (χ2v) is 7.53. The molecular formula is C22H26O8S. The Bertz CT molecular complexity index is 920. The first kappa shape index (κ1) is 24.5. The summed E-state index contributed by atoms with van der Waals surface area (Å²) < 4.78 is 20.5. The number of ketones is 4. The molecule has 0 aromatic carbocycles. The maximum absolute atomic E-state index is 12.8. The van der Waals surface area contributed by atoms with Gasteiger partial charge in [-0.1, -0.05) is 6.42 Å². The SMILES string of the molecule is COC1=CC(=O)C(OC)=C(CCCCCC2=C(OC)C(=O)C(SC)=C(OC)C2=O)C1=O. The van der Waals surface area contributed by atoms with E-state index < -0.39 is 5.78 Å². The van der Waals surface area contributed by atoms with Crippen molar-refractivity contribution in [1.29, 1.82) is 0 Å². The molecule has 0 aromatic rings. The zero-order chi connectivity index (χ0) is 23.1. The molecule has 0 radical (unpaired) electrons. The summed E-state index contributed by atoms with van der Waals surface area (Å²) in [5.74, 6) is -1.38. The molecule has 0 amide bonds. The Labute approximate surface area is 185 Å². The van der Waals surface area contributed by atoms with Crippen molar-refractivity contribution >= 4 is 34.9 Å². The number of unbranched alkanes of at least 4 members (excludes halogenated alkanes) is 2. The fraction of sp³-hybridized carbons (Fsp3) is 0.455. The smallest absolute Gasteiger partial charge is 0.238 e. The molecule has 8 nitrogen and oxygen atoms in total. The summed E-state index contributed by atoms with van der Waals surface area (Å²) in [5, 5.41) is 0. The van der Waals surface area contributed by atoms with E-state index in [-0.39, 0.29) is 56.4 Å². The van der Waals surface area contributed by atoms with E-state index in [1.54, 1.807) is 6.26 Å². The minimum Gasteiger partial charge on any atom is -0.493 e. The molecule has 2 aliphatic rings. The van der Waals surface area contributed by atoms with Crippen LogP contribution in [-0.2, 0) is 38.1 Å². The number of hydrogen-bond acceptors (Lipinski definition) is 9. The molecular weight excluding hydrogens is 424 g/mol. The molecule has 0 N–H and O–H groups in total. The predicted octanol–water partition coefficient (Wildman–Crippen LogP) is 2.79. The van der Waals surface area contributed by atoms with E-state index in [0.29, 0.717) is 32.1 Å². The first-order valence-corrected chi connectivity index (χ1v) is 10.9. The van der Waals surface area contributed by atoms with Gasteiger partial charge in [-0.15, -0.1) is 11.8 Å². The average Bonchev–Trinajstić information content (AvgIpc) is 2.76. The Morgan fingerprint density at radius 3 is 1.71 bits per heavy atom. The van der Waals surface area contributed by atoms with Crippen LogP contribution in [0.15, 0.2) is 45.2 Å². The highest BCUT2D eigenvalue weighted by Gasteiger charge is 2.36. The Balaban J connectivity index is 2.04. The highest BCUT2D eigenvalue weighted by Crippen LogP contribution is 2.33. The fourth-order valence-corrected chi connectivity index (χ4v) is 4.17. The molecule has 0 saturated heterocycles. The van der Waals surface area contributed by atoms with E-state index in [1.807, 2.05) is 0 Å². The molecule has 9 heteroatoms. The maximum Gasteiger partial charge on any atom is 0.238 e. The van der Waals surface area contributed by atoms with Gasteiger partial charge in [-0.2, -0.15) is 0 Å². The summed E-state index contributed by atoms with van der Waals surface area (Å²) in [6, 6.07) is 0. The van der Waals surface area contributed by atoms with Gasteiger partial charge < -0.3 is 18.9 Å². The van der Waals surface area contributed by atoms with Crippen molar-refractivity contribution in [1.82, 2.24) is 0 Å². The van der Waals surface area contributed by atoms with E-state index >= 15 is 0 Å². The highest BCUT2D eigenvalue weighted by molar-refractivity contribution is 8.03. The largest absolute Gasteiger partial charge is 0.493 e. The Kier molecular flexibility index (Phi) is 8.67. The van der Waals surface area contributed by atoms with Gasteiger partial charge in [-0.05, 0) is 31.9 Å². The van der Waals surface area contributed by atoms with Crippen LogP contribution in [0.25, 0.3) is 0 Å². The van der Waals surface area contributed by atoms with Gasteiger partial charge in [0.25, 0.3) is 0 Å². The Hall–Kier alpha value is -2.81. The third-order valence-electron chi connectivity index (χ3n) is 5.02. The molecule has 168 valence electrons. The van der Waals surface area contributed by atoms with Gasteiger partial charge >= 0.3 is 0 Å². The van der Waals surface area contributed by atoms with E-state index in [0.717, 1.165) is 17.8 Å². The van der Waals surface area contributed by atoms with Gasteiger partial charge in [0, 0.05) is 17.2 Å². The highest BCUT2D eigenvalue weighted by atomic mass is 32.2. The van der Waals surface area contributed by atoms with Gasteiger partial charge in [-0.3, -0.25) is 19.2 Å². The third-order valence-corrected chi connectivity index (χ3v) is 5.80. The molecule has 0 heterocycles. The predicted molar refractivity (Wildman–Crippen MR) is 114 cm³/mol. The first-order valence-electron chi connectivity index (χ1n) is 9.66. The number of Topliss-reactive ketones (excluding diaryl/α,β-unsaturated/α-hetero) is 3. The summed E-state index contributed by atoms with van der Waals surface area (Å²) in [6.07, 6.45) is 5.29. The van der Waals surface area contributed by atoms with Crippen molar-refractivity contribution in [2.24, 2.45) is 0 Å². The monoisotopic (exact) mass is 450 g/mol. The molecule has 31 heavy (non-hydrogen) atoms. The van der Waals surface area contributed by atoms with E-state index in [9.17, 15) is 19.2 Å². The van der Waals surface area contributed by atoms with Crippen molar-refractivity contribution in [3.63, 3.8) is 0 Å². The normalized spacial score (nSPS) is 17.4. The van der Waals surface area contributed by atoms with Crippen LogP contribution in [0, 0.1) is 0 Å². The lowest BCUT2D eigenvalue weighted by Crippen LogP contribution is -2.25. The number of thioether (sulfide) groups is 1. The van der Waals surface area contributed by atoms with Gasteiger partial charge in [0.1, 0.15) is 4.91 Å². The van der Waals surface area contributed by atoms with Crippen molar-refractivity contribution in [3.8, 4) is 0 Å². The van der Waals surface area contributed by atoms with Crippen molar-refractivity contribution in [3.05, 3.63) is 45.2 Å². The molecule has 2 rings (SSSR count). The van der Waals surface area contributed by atoms with Gasteiger partial charge in [0.2, 0.25) is 23.1 Å². The Morgan fingerprint density at radius 2 is 1.23 bits per heavy atom.